The zero-order valence-electron chi connectivity index (χ0n) is 17.4. The number of halogens is 1. The molecule has 6 nitrogen and oxygen atoms in total. The van der Waals surface area contributed by atoms with Gasteiger partial charge in [-0.15, -0.1) is 11.3 Å². The fourth-order valence-corrected chi connectivity index (χ4v) is 5.29. The molecule has 1 unspecified atom stereocenters. The molecule has 1 saturated heterocycles. The van der Waals surface area contributed by atoms with E-state index in [-0.39, 0.29) is 23.4 Å². The van der Waals surface area contributed by atoms with E-state index >= 15 is 0 Å². The van der Waals surface area contributed by atoms with Crippen molar-refractivity contribution in [2.24, 2.45) is 5.92 Å². The third-order valence-electron chi connectivity index (χ3n) is 5.89. The van der Waals surface area contributed by atoms with Crippen LogP contribution in [0.5, 0.6) is 0 Å². The lowest BCUT2D eigenvalue weighted by Gasteiger charge is -2.34. The average molecular weight is 431 g/mol. The molecule has 0 radical (unpaired) electrons. The van der Waals surface area contributed by atoms with Crippen LogP contribution in [0.3, 0.4) is 0 Å². The van der Waals surface area contributed by atoms with E-state index in [0.717, 1.165) is 53.9 Å². The number of thiazole rings is 1. The van der Waals surface area contributed by atoms with Crippen LogP contribution >= 0.6 is 11.3 Å². The summed E-state index contributed by atoms with van der Waals surface area (Å²) < 4.78 is 14.1. The highest BCUT2D eigenvalue weighted by molar-refractivity contribution is 7.15. The van der Waals surface area contributed by atoms with Gasteiger partial charge in [-0.2, -0.15) is 0 Å². The SMILES string of the molecule is CCC(=O)N1CCN(c2nc3c(s2)CC(C(=O)Nc2ccc(C)cc2F)CC3)CC1. The number of anilines is 2. The topological polar surface area (TPSA) is 65.5 Å². The Labute approximate surface area is 180 Å². The van der Waals surface area contributed by atoms with Gasteiger partial charge in [0.15, 0.2) is 5.13 Å². The molecule has 1 aromatic carbocycles. The van der Waals surface area contributed by atoms with Gasteiger partial charge in [0.2, 0.25) is 11.8 Å². The third-order valence-corrected chi connectivity index (χ3v) is 7.07. The summed E-state index contributed by atoms with van der Waals surface area (Å²) in [4.78, 5) is 34.7. The summed E-state index contributed by atoms with van der Waals surface area (Å²) in [6.45, 7) is 6.74. The minimum absolute atomic E-state index is 0.134. The second-order valence-corrected chi connectivity index (χ2v) is 9.06. The number of fused-ring (bicyclic) bond motifs is 1. The van der Waals surface area contributed by atoms with E-state index in [1.807, 2.05) is 18.7 Å². The maximum atomic E-state index is 14.1. The lowest BCUT2D eigenvalue weighted by molar-refractivity contribution is -0.131. The van der Waals surface area contributed by atoms with E-state index < -0.39 is 5.82 Å². The minimum Gasteiger partial charge on any atom is -0.345 e. The molecule has 1 atom stereocenters. The van der Waals surface area contributed by atoms with Crippen molar-refractivity contribution in [3.63, 3.8) is 0 Å². The number of hydrogen-bond donors (Lipinski definition) is 1. The molecule has 2 heterocycles. The predicted molar refractivity (Wildman–Crippen MR) is 116 cm³/mol. The quantitative estimate of drug-likeness (QED) is 0.808. The first-order valence-electron chi connectivity index (χ1n) is 10.5. The van der Waals surface area contributed by atoms with E-state index in [2.05, 4.69) is 10.2 Å². The van der Waals surface area contributed by atoms with Crippen LogP contribution in [0.2, 0.25) is 0 Å². The summed E-state index contributed by atoms with van der Waals surface area (Å²) >= 11 is 1.65. The molecule has 1 aromatic heterocycles. The first kappa shape index (κ1) is 20.8. The second-order valence-electron chi connectivity index (χ2n) is 8.00. The molecular formula is C22H27FN4O2S. The van der Waals surface area contributed by atoms with Gasteiger partial charge < -0.3 is 15.1 Å². The minimum atomic E-state index is -0.402. The van der Waals surface area contributed by atoms with Crippen LogP contribution in [0.1, 0.15) is 35.9 Å². The average Bonchev–Trinajstić information content (AvgIpc) is 3.18. The number of nitrogens with zero attached hydrogens (tertiary/aromatic N) is 3. The standard InChI is InChI=1S/C22H27FN4O2S/c1-3-20(28)26-8-10-27(11-9-26)22-25-18-7-5-15(13-19(18)30-22)21(29)24-17-6-4-14(2)12-16(17)23/h4,6,12,15H,3,5,7-11,13H2,1-2H3,(H,24,29). The van der Waals surface area contributed by atoms with Gasteiger partial charge >= 0.3 is 0 Å². The third kappa shape index (κ3) is 4.33. The maximum Gasteiger partial charge on any atom is 0.227 e. The highest BCUT2D eigenvalue weighted by Gasteiger charge is 2.30. The number of rotatable bonds is 4. The number of aryl methyl sites for hydroxylation is 2. The Morgan fingerprint density at radius 3 is 2.73 bits per heavy atom. The Balaban J connectivity index is 1.38. The van der Waals surface area contributed by atoms with Crippen LogP contribution < -0.4 is 10.2 Å². The predicted octanol–water partition coefficient (Wildman–Crippen LogP) is 3.39. The molecule has 2 aliphatic rings. The summed E-state index contributed by atoms with van der Waals surface area (Å²) in [5.41, 5.74) is 2.14. The zero-order valence-corrected chi connectivity index (χ0v) is 18.2. The Kier molecular flexibility index (Phi) is 6.04. The largest absolute Gasteiger partial charge is 0.345 e. The summed E-state index contributed by atoms with van der Waals surface area (Å²) in [5.74, 6) is -0.511. The monoisotopic (exact) mass is 430 g/mol. The van der Waals surface area contributed by atoms with Gasteiger partial charge in [0.1, 0.15) is 5.82 Å². The highest BCUT2D eigenvalue weighted by atomic mass is 32.1. The van der Waals surface area contributed by atoms with Crippen molar-refractivity contribution in [3.8, 4) is 0 Å². The molecule has 2 aromatic rings. The van der Waals surface area contributed by atoms with E-state index in [4.69, 9.17) is 4.98 Å². The summed E-state index contributed by atoms with van der Waals surface area (Å²) in [5, 5.41) is 3.73. The first-order chi connectivity index (χ1) is 14.4. The molecule has 0 spiro atoms. The number of nitrogens with one attached hydrogen (secondary N) is 1. The maximum absolute atomic E-state index is 14.1. The lowest BCUT2D eigenvalue weighted by atomic mass is 9.90. The number of carbonyl (C=O) groups excluding carboxylic acids is 2. The van der Waals surface area contributed by atoms with Gasteiger partial charge in [-0.25, -0.2) is 9.37 Å². The Hall–Kier alpha value is -2.48. The van der Waals surface area contributed by atoms with E-state index in [9.17, 15) is 14.0 Å². The molecule has 1 aliphatic heterocycles. The van der Waals surface area contributed by atoms with Gasteiger partial charge in [-0.3, -0.25) is 9.59 Å². The Morgan fingerprint density at radius 1 is 1.27 bits per heavy atom. The van der Waals surface area contributed by atoms with E-state index in [1.165, 1.54) is 6.07 Å². The van der Waals surface area contributed by atoms with Crippen LogP contribution in [-0.4, -0.2) is 47.9 Å². The van der Waals surface area contributed by atoms with Crippen molar-refractivity contribution in [2.75, 3.05) is 36.4 Å². The van der Waals surface area contributed by atoms with Crippen LogP contribution in [0.25, 0.3) is 0 Å². The van der Waals surface area contributed by atoms with Gasteiger partial charge in [-0.05, 0) is 43.9 Å². The number of amides is 2. The van der Waals surface area contributed by atoms with Crippen LogP contribution in [-0.2, 0) is 22.4 Å². The number of piperazine rings is 1. The van der Waals surface area contributed by atoms with Crippen molar-refractivity contribution in [2.45, 2.75) is 39.5 Å². The normalized spacial score (nSPS) is 18.8. The molecule has 2 amide bonds. The van der Waals surface area contributed by atoms with Crippen molar-refractivity contribution < 1.29 is 14.0 Å². The van der Waals surface area contributed by atoms with Gasteiger partial charge in [0, 0.05) is 43.4 Å². The number of hydrogen-bond acceptors (Lipinski definition) is 5. The zero-order chi connectivity index (χ0) is 21.3. The van der Waals surface area contributed by atoms with Crippen LogP contribution in [0, 0.1) is 18.7 Å². The first-order valence-corrected chi connectivity index (χ1v) is 11.3. The van der Waals surface area contributed by atoms with Crippen LogP contribution in [0.4, 0.5) is 15.2 Å². The summed E-state index contributed by atoms with van der Waals surface area (Å²) in [6.07, 6.45) is 2.66. The fraction of sp³-hybridized carbons (Fsp3) is 0.500. The molecule has 8 heteroatoms. The van der Waals surface area contributed by atoms with E-state index in [1.54, 1.807) is 23.5 Å². The molecule has 1 aliphatic carbocycles. The molecule has 0 bridgehead atoms. The Morgan fingerprint density at radius 2 is 2.03 bits per heavy atom. The molecule has 160 valence electrons. The van der Waals surface area contributed by atoms with Crippen LogP contribution in [0.15, 0.2) is 18.2 Å². The molecule has 30 heavy (non-hydrogen) atoms. The van der Waals surface area contributed by atoms with Crippen molar-refractivity contribution >= 4 is 34.0 Å². The molecule has 4 rings (SSSR count). The van der Waals surface area contributed by atoms with Gasteiger partial charge in [0.05, 0.1) is 11.4 Å². The Bertz CT molecular complexity index is 953. The lowest BCUT2D eigenvalue weighted by Crippen LogP contribution is -2.48. The fourth-order valence-electron chi connectivity index (χ4n) is 4.05. The smallest absolute Gasteiger partial charge is 0.227 e. The molecular weight excluding hydrogens is 403 g/mol. The van der Waals surface area contributed by atoms with Gasteiger partial charge in [0.25, 0.3) is 0 Å². The van der Waals surface area contributed by atoms with Crippen molar-refractivity contribution in [1.29, 1.82) is 0 Å². The summed E-state index contributed by atoms with van der Waals surface area (Å²) in [7, 11) is 0. The van der Waals surface area contributed by atoms with Crippen molar-refractivity contribution in [3.05, 3.63) is 40.2 Å². The van der Waals surface area contributed by atoms with Crippen molar-refractivity contribution in [1.82, 2.24) is 9.88 Å². The molecule has 0 saturated carbocycles. The van der Waals surface area contributed by atoms with Gasteiger partial charge in [-0.1, -0.05) is 13.0 Å². The number of aromatic nitrogens is 1. The summed E-state index contributed by atoms with van der Waals surface area (Å²) in [6, 6.07) is 4.84. The molecule has 1 N–H and O–H groups in total. The second kappa shape index (κ2) is 8.71. The highest BCUT2D eigenvalue weighted by Crippen LogP contribution is 2.35. The van der Waals surface area contributed by atoms with E-state index in [0.29, 0.717) is 19.3 Å². The number of benzene rings is 1. The molecule has 1 fully saturated rings. The number of carbonyl (C=O) groups is 2.